The van der Waals surface area contributed by atoms with Crippen molar-refractivity contribution < 1.29 is 23.0 Å². The SMILES string of the molecule is COCCOc1ccc(C(=O)N2CCC(c3cc4ccccc4n3Cc3cccc(F)c3)CC2)cc1F. The Morgan fingerprint density at radius 1 is 0.946 bits per heavy atom. The maximum Gasteiger partial charge on any atom is 0.253 e. The molecule has 5 nitrogen and oxygen atoms in total. The molecule has 1 fully saturated rings. The van der Waals surface area contributed by atoms with Gasteiger partial charge in [0, 0.05) is 49.4 Å². The fraction of sp³-hybridized carbons (Fsp3) is 0.300. The second kappa shape index (κ2) is 11.1. The van der Waals surface area contributed by atoms with Gasteiger partial charge in [0.05, 0.1) is 6.61 Å². The molecule has 0 spiro atoms. The van der Waals surface area contributed by atoms with Crippen molar-refractivity contribution in [3.8, 4) is 5.75 Å². The molecule has 2 heterocycles. The number of carbonyl (C=O) groups is 1. The van der Waals surface area contributed by atoms with Gasteiger partial charge in [-0.1, -0.05) is 30.3 Å². The molecule has 1 saturated heterocycles. The summed E-state index contributed by atoms with van der Waals surface area (Å²) in [6.45, 7) is 2.34. The first kappa shape index (κ1) is 25.0. The standard InChI is InChI=1S/C30H30F2N2O3/c1-36-15-16-37-29-10-9-24(18-26(29)32)30(35)33-13-11-22(12-14-33)28-19-23-6-2-3-8-27(23)34(28)20-21-5-4-7-25(31)17-21/h2-10,17-19,22H,11-16,20H2,1H3. The van der Waals surface area contributed by atoms with E-state index in [4.69, 9.17) is 9.47 Å². The fourth-order valence-corrected chi connectivity index (χ4v) is 5.11. The molecule has 4 aromatic rings. The number of nitrogens with zero attached hydrogens (tertiary/aromatic N) is 2. The monoisotopic (exact) mass is 504 g/mol. The molecule has 3 aromatic carbocycles. The number of piperidine rings is 1. The molecular formula is C30H30F2N2O3. The van der Waals surface area contributed by atoms with Gasteiger partial charge >= 0.3 is 0 Å². The Kier molecular flexibility index (Phi) is 7.51. The Labute approximate surface area is 215 Å². The number of likely N-dealkylation sites (tertiary alicyclic amines) is 1. The maximum atomic E-state index is 14.5. The molecule has 7 heteroatoms. The van der Waals surface area contributed by atoms with Crippen LogP contribution in [0.15, 0.2) is 72.8 Å². The summed E-state index contributed by atoms with van der Waals surface area (Å²) in [6.07, 6.45) is 1.60. The Hall–Kier alpha value is -3.71. The summed E-state index contributed by atoms with van der Waals surface area (Å²) in [5, 5.41) is 1.15. The van der Waals surface area contributed by atoms with Crippen LogP contribution in [0.4, 0.5) is 8.78 Å². The third kappa shape index (κ3) is 5.52. The van der Waals surface area contributed by atoms with Gasteiger partial charge in [-0.2, -0.15) is 0 Å². The zero-order valence-electron chi connectivity index (χ0n) is 20.8. The number of amides is 1. The largest absolute Gasteiger partial charge is 0.488 e. The molecule has 5 rings (SSSR count). The van der Waals surface area contributed by atoms with Crippen LogP contribution in [0, 0.1) is 11.6 Å². The van der Waals surface area contributed by atoms with Crippen molar-refractivity contribution in [2.24, 2.45) is 0 Å². The first-order valence-electron chi connectivity index (χ1n) is 12.6. The highest BCUT2D eigenvalue weighted by Gasteiger charge is 2.27. The van der Waals surface area contributed by atoms with Crippen molar-refractivity contribution in [1.82, 2.24) is 9.47 Å². The summed E-state index contributed by atoms with van der Waals surface area (Å²) in [5.41, 5.74) is 3.53. The molecule has 0 saturated carbocycles. The third-order valence-electron chi connectivity index (χ3n) is 7.00. The fourth-order valence-electron chi connectivity index (χ4n) is 5.11. The zero-order valence-corrected chi connectivity index (χ0v) is 20.8. The topological polar surface area (TPSA) is 43.7 Å². The van der Waals surface area contributed by atoms with E-state index in [0.29, 0.717) is 31.8 Å². The van der Waals surface area contributed by atoms with Crippen molar-refractivity contribution in [3.05, 3.63) is 101 Å². The van der Waals surface area contributed by atoms with Crippen LogP contribution in [-0.4, -0.2) is 48.8 Å². The van der Waals surface area contributed by atoms with Gasteiger partial charge in [-0.25, -0.2) is 8.78 Å². The Morgan fingerprint density at radius 3 is 2.51 bits per heavy atom. The lowest BCUT2D eigenvalue weighted by molar-refractivity contribution is 0.0710. The van der Waals surface area contributed by atoms with E-state index >= 15 is 0 Å². The van der Waals surface area contributed by atoms with Crippen LogP contribution in [0.25, 0.3) is 10.9 Å². The van der Waals surface area contributed by atoms with E-state index in [1.807, 2.05) is 18.2 Å². The highest BCUT2D eigenvalue weighted by atomic mass is 19.1. The van der Waals surface area contributed by atoms with Gasteiger partial charge in [0.25, 0.3) is 5.91 Å². The number of benzene rings is 3. The van der Waals surface area contributed by atoms with Crippen LogP contribution in [0.3, 0.4) is 0 Å². The smallest absolute Gasteiger partial charge is 0.253 e. The summed E-state index contributed by atoms with van der Waals surface area (Å²) in [4.78, 5) is 14.9. The van der Waals surface area contributed by atoms with Crippen molar-refractivity contribution in [1.29, 1.82) is 0 Å². The average Bonchev–Trinajstić information content (AvgIpc) is 3.27. The molecule has 192 valence electrons. The second-order valence-electron chi connectivity index (χ2n) is 9.40. The first-order valence-corrected chi connectivity index (χ1v) is 12.6. The minimum atomic E-state index is -0.557. The molecule has 1 aliphatic rings. The van der Waals surface area contributed by atoms with Crippen molar-refractivity contribution in [2.75, 3.05) is 33.4 Å². The van der Waals surface area contributed by atoms with Gasteiger partial charge in [-0.3, -0.25) is 4.79 Å². The lowest BCUT2D eigenvalue weighted by Gasteiger charge is -2.33. The van der Waals surface area contributed by atoms with Crippen LogP contribution in [0.5, 0.6) is 5.75 Å². The lowest BCUT2D eigenvalue weighted by atomic mass is 9.92. The Bertz CT molecular complexity index is 1390. The Balaban J connectivity index is 1.30. The Morgan fingerprint density at radius 2 is 1.76 bits per heavy atom. The quantitative estimate of drug-likeness (QED) is 0.276. The van der Waals surface area contributed by atoms with Crippen molar-refractivity contribution >= 4 is 16.8 Å². The minimum absolute atomic E-state index is 0.110. The number of para-hydroxylation sites is 1. The van der Waals surface area contributed by atoms with E-state index in [1.165, 1.54) is 23.9 Å². The molecule has 1 aliphatic heterocycles. The summed E-state index contributed by atoms with van der Waals surface area (Å²) in [7, 11) is 1.55. The van der Waals surface area contributed by atoms with Gasteiger partial charge in [-0.15, -0.1) is 0 Å². The van der Waals surface area contributed by atoms with E-state index in [0.717, 1.165) is 29.3 Å². The highest BCUT2D eigenvalue weighted by Crippen LogP contribution is 2.34. The summed E-state index contributed by atoms with van der Waals surface area (Å²) in [5.74, 6) is -0.607. The first-order chi connectivity index (χ1) is 18.0. The van der Waals surface area contributed by atoms with E-state index in [-0.39, 0.29) is 30.0 Å². The van der Waals surface area contributed by atoms with Gasteiger partial charge < -0.3 is 18.9 Å². The average molecular weight is 505 g/mol. The molecule has 37 heavy (non-hydrogen) atoms. The predicted octanol–water partition coefficient (Wildman–Crippen LogP) is 6.01. The van der Waals surface area contributed by atoms with Crippen LogP contribution >= 0.6 is 0 Å². The number of ether oxygens (including phenoxy) is 2. The summed E-state index contributed by atoms with van der Waals surface area (Å²) in [6, 6.07) is 21.5. The molecule has 1 aromatic heterocycles. The number of rotatable bonds is 8. The highest BCUT2D eigenvalue weighted by molar-refractivity contribution is 5.94. The molecule has 0 aliphatic carbocycles. The number of aromatic nitrogens is 1. The predicted molar refractivity (Wildman–Crippen MR) is 139 cm³/mol. The van der Waals surface area contributed by atoms with E-state index in [2.05, 4.69) is 22.8 Å². The normalized spacial score (nSPS) is 14.3. The van der Waals surface area contributed by atoms with E-state index < -0.39 is 5.82 Å². The number of fused-ring (bicyclic) bond motifs is 1. The van der Waals surface area contributed by atoms with Gasteiger partial charge in [0.1, 0.15) is 12.4 Å². The minimum Gasteiger partial charge on any atom is -0.488 e. The van der Waals surface area contributed by atoms with Crippen molar-refractivity contribution in [3.63, 3.8) is 0 Å². The maximum absolute atomic E-state index is 14.5. The second-order valence-corrected chi connectivity index (χ2v) is 9.40. The molecule has 0 radical (unpaired) electrons. The van der Waals surface area contributed by atoms with Crippen molar-refractivity contribution in [2.45, 2.75) is 25.3 Å². The van der Waals surface area contributed by atoms with Gasteiger partial charge in [0.2, 0.25) is 0 Å². The van der Waals surface area contributed by atoms with Gasteiger partial charge in [-0.05, 0) is 66.3 Å². The number of carbonyl (C=O) groups excluding carboxylic acids is 1. The number of hydrogen-bond donors (Lipinski definition) is 0. The molecule has 1 amide bonds. The third-order valence-corrected chi connectivity index (χ3v) is 7.00. The zero-order chi connectivity index (χ0) is 25.8. The van der Waals surface area contributed by atoms with E-state index in [9.17, 15) is 13.6 Å². The van der Waals surface area contributed by atoms with Crippen LogP contribution < -0.4 is 4.74 Å². The molecular weight excluding hydrogens is 474 g/mol. The molecule has 0 N–H and O–H groups in total. The van der Waals surface area contributed by atoms with Crippen LogP contribution in [-0.2, 0) is 11.3 Å². The molecule has 0 unspecified atom stereocenters. The van der Waals surface area contributed by atoms with Crippen LogP contribution in [0.2, 0.25) is 0 Å². The lowest BCUT2D eigenvalue weighted by Crippen LogP contribution is -2.38. The summed E-state index contributed by atoms with van der Waals surface area (Å²) >= 11 is 0. The van der Waals surface area contributed by atoms with E-state index in [1.54, 1.807) is 30.2 Å². The number of hydrogen-bond acceptors (Lipinski definition) is 3. The number of halogens is 2. The van der Waals surface area contributed by atoms with Gasteiger partial charge in [0.15, 0.2) is 11.6 Å². The molecule has 0 bridgehead atoms. The van der Waals surface area contributed by atoms with Crippen LogP contribution in [0.1, 0.15) is 40.4 Å². The number of methoxy groups -OCH3 is 1. The molecule has 0 atom stereocenters. The summed E-state index contributed by atoms with van der Waals surface area (Å²) < 4.78 is 40.9.